The third-order valence-electron chi connectivity index (χ3n) is 8.07. The first-order valence-corrected chi connectivity index (χ1v) is 13.8. The topological polar surface area (TPSA) is 84.3 Å². The fourth-order valence-corrected chi connectivity index (χ4v) is 5.99. The Morgan fingerprint density at radius 2 is 1.88 bits per heavy atom. The molecule has 7 nitrogen and oxygen atoms in total. The van der Waals surface area contributed by atoms with Gasteiger partial charge in [-0.05, 0) is 47.4 Å². The van der Waals surface area contributed by atoms with E-state index >= 15 is 4.39 Å². The van der Waals surface area contributed by atoms with Crippen molar-refractivity contribution in [2.24, 2.45) is 0 Å². The van der Waals surface area contributed by atoms with Gasteiger partial charge in [-0.2, -0.15) is 5.10 Å². The van der Waals surface area contributed by atoms with Crippen molar-refractivity contribution in [1.82, 2.24) is 20.0 Å². The van der Waals surface area contributed by atoms with E-state index in [-0.39, 0.29) is 43.0 Å². The summed E-state index contributed by atoms with van der Waals surface area (Å²) >= 11 is 0. The molecule has 0 aliphatic carbocycles. The zero-order valence-electron chi connectivity index (χ0n) is 22.7. The highest BCUT2D eigenvalue weighted by molar-refractivity contribution is 6.05. The number of likely N-dealkylation sites (tertiary alicyclic amines) is 1. The number of alkyl halides is 1. The molecule has 1 saturated heterocycles. The Kier molecular flexibility index (Phi) is 7.21. The molecule has 1 aromatic heterocycles. The SMILES string of the molecule is CC(=O)c1nn(CC(=O)N2C[C@H](F)C[C@H]2C(=O)Cc2cccc(-c3ccc4c(c3)CNCC4)c2F)c2ccccc12. The Morgan fingerprint density at radius 3 is 2.71 bits per heavy atom. The molecule has 0 bridgehead atoms. The molecule has 1 amide bonds. The predicted octanol–water partition coefficient (Wildman–Crippen LogP) is 4.44. The lowest BCUT2D eigenvalue weighted by atomic mass is 9.93. The number of fused-ring (bicyclic) bond motifs is 2. The number of ketones is 2. The van der Waals surface area contributed by atoms with E-state index < -0.39 is 29.7 Å². The molecule has 0 saturated carbocycles. The summed E-state index contributed by atoms with van der Waals surface area (Å²) in [6.45, 7) is 2.57. The summed E-state index contributed by atoms with van der Waals surface area (Å²) in [6.07, 6.45) is -0.836. The second-order valence-electron chi connectivity index (χ2n) is 10.8. The number of carbonyl (C=O) groups is 3. The number of carbonyl (C=O) groups excluding carboxylic acids is 3. The molecule has 1 N–H and O–H groups in total. The quantitative estimate of drug-likeness (QED) is 0.341. The fourth-order valence-electron chi connectivity index (χ4n) is 5.99. The molecule has 6 rings (SSSR count). The number of nitrogens with zero attached hydrogens (tertiary/aromatic N) is 3. The molecule has 0 radical (unpaired) electrons. The smallest absolute Gasteiger partial charge is 0.245 e. The summed E-state index contributed by atoms with van der Waals surface area (Å²) in [6, 6.07) is 16.9. The number of Topliss-reactive ketones (excluding diaryl/α,β-unsaturated/α-hetero) is 2. The number of halogens is 2. The van der Waals surface area contributed by atoms with Gasteiger partial charge in [-0.1, -0.05) is 48.5 Å². The van der Waals surface area contributed by atoms with E-state index in [9.17, 15) is 18.8 Å². The van der Waals surface area contributed by atoms with Crippen molar-refractivity contribution < 1.29 is 23.2 Å². The van der Waals surface area contributed by atoms with Crippen molar-refractivity contribution in [3.8, 4) is 11.1 Å². The average molecular weight is 557 g/mol. The second-order valence-corrected chi connectivity index (χ2v) is 10.8. The highest BCUT2D eigenvalue weighted by Crippen LogP contribution is 2.30. The minimum atomic E-state index is -1.37. The number of nitrogens with one attached hydrogen (secondary N) is 1. The van der Waals surface area contributed by atoms with E-state index in [1.807, 2.05) is 18.2 Å². The normalized spacial score (nSPS) is 18.5. The van der Waals surface area contributed by atoms with Crippen LogP contribution in [-0.2, 0) is 35.5 Å². The number of aromatic nitrogens is 2. The molecule has 9 heteroatoms. The summed E-state index contributed by atoms with van der Waals surface area (Å²) in [4.78, 5) is 40.1. The van der Waals surface area contributed by atoms with Gasteiger partial charge in [0.2, 0.25) is 5.91 Å². The van der Waals surface area contributed by atoms with Gasteiger partial charge in [0.05, 0.1) is 18.1 Å². The van der Waals surface area contributed by atoms with Gasteiger partial charge in [-0.3, -0.25) is 19.1 Å². The van der Waals surface area contributed by atoms with Gasteiger partial charge in [-0.25, -0.2) is 8.78 Å². The van der Waals surface area contributed by atoms with Crippen LogP contribution < -0.4 is 5.32 Å². The van der Waals surface area contributed by atoms with Crippen molar-refractivity contribution in [2.75, 3.05) is 13.1 Å². The minimum Gasteiger partial charge on any atom is -0.328 e. The summed E-state index contributed by atoms with van der Waals surface area (Å²) in [7, 11) is 0. The van der Waals surface area contributed by atoms with Crippen LogP contribution in [0.5, 0.6) is 0 Å². The van der Waals surface area contributed by atoms with Gasteiger partial charge < -0.3 is 10.2 Å². The summed E-state index contributed by atoms with van der Waals surface area (Å²) in [5, 5.41) is 8.27. The first kappa shape index (κ1) is 27.0. The lowest BCUT2D eigenvalue weighted by Crippen LogP contribution is -2.43. The van der Waals surface area contributed by atoms with Gasteiger partial charge >= 0.3 is 0 Å². The van der Waals surface area contributed by atoms with Crippen LogP contribution in [0.1, 0.15) is 40.5 Å². The molecule has 2 aliphatic heterocycles. The molecular weight excluding hydrogens is 526 g/mol. The minimum absolute atomic E-state index is 0.137. The van der Waals surface area contributed by atoms with Crippen molar-refractivity contribution in [2.45, 2.75) is 51.5 Å². The van der Waals surface area contributed by atoms with Crippen LogP contribution in [0.25, 0.3) is 22.0 Å². The first-order valence-electron chi connectivity index (χ1n) is 13.8. The predicted molar refractivity (Wildman–Crippen MR) is 151 cm³/mol. The Balaban J connectivity index is 1.22. The second kappa shape index (κ2) is 11.0. The summed E-state index contributed by atoms with van der Waals surface area (Å²) in [5.74, 6) is -1.62. The molecule has 3 heterocycles. The van der Waals surface area contributed by atoms with Crippen LogP contribution in [0.15, 0.2) is 60.7 Å². The standard InChI is InChI=1S/C32H30F2N4O3/c1-19(39)32-26-6-2-3-8-27(26)38(36-32)18-30(41)37-17-24(33)15-28(37)29(40)14-22-5-4-7-25(31(22)34)21-10-9-20-11-12-35-16-23(20)13-21/h2-10,13,24,28,35H,11-12,14-18H2,1H3/t24-,28+/m1/s1. The van der Waals surface area contributed by atoms with Crippen LogP contribution in [0, 0.1) is 5.82 Å². The molecule has 210 valence electrons. The third kappa shape index (κ3) is 5.17. The summed E-state index contributed by atoms with van der Waals surface area (Å²) in [5.41, 5.74) is 4.56. The largest absolute Gasteiger partial charge is 0.328 e. The van der Waals surface area contributed by atoms with E-state index in [4.69, 9.17) is 0 Å². The zero-order valence-corrected chi connectivity index (χ0v) is 22.7. The molecule has 2 atom stereocenters. The van der Waals surface area contributed by atoms with Crippen LogP contribution in [0.2, 0.25) is 0 Å². The lowest BCUT2D eigenvalue weighted by molar-refractivity contribution is -0.138. The number of benzene rings is 3. The fraction of sp³-hybridized carbons (Fsp3) is 0.312. The maximum Gasteiger partial charge on any atom is 0.245 e. The van der Waals surface area contributed by atoms with Gasteiger partial charge in [0, 0.05) is 37.3 Å². The van der Waals surface area contributed by atoms with Crippen LogP contribution in [0.4, 0.5) is 8.78 Å². The molecule has 0 unspecified atom stereocenters. The van der Waals surface area contributed by atoms with Gasteiger partial charge in [-0.15, -0.1) is 0 Å². The Hall–Kier alpha value is -4.24. The maximum atomic E-state index is 15.7. The number of hydrogen-bond acceptors (Lipinski definition) is 5. The first-order chi connectivity index (χ1) is 19.8. The van der Waals surface area contributed by atoms with Crippen LogP contribution >= 0.6 is 0 Å². The molecule has 41 heavy (non-hydrogen) atoms. The summed E-state index contributed by atoms with van der Waals surface area (Å²) < 4.78 is 31.7. The Bertz CT molecular complexity index is 1680. The van der Waals surface area contributed by atoms with Crippen molar-refractivity contribution in [3.63, 3.8) is 0 Å². The molecular formula is C32H30F2N4O3. The van der Waals surface area contributed by atoms with E-state index in [1.165, 1.54) is 22.1 Å². The van der Waals surface area contributed by atoms with Gasteiger partial charge in [0.25, 0.3) is 0 Å². The van der Waals surface area contributed by atoms with Crippen LogP contribution in [-0.4, -0.2) is 57.5 Å². The number of para-hydroxylation sites is 1. The highest BCUT2D eigenvalue weighted by Gasteiger charge is 2.40. The van der Waals surface area contributed by atoms with Crippen LogP contribution in [0.3, 0.4) is 0 Å². The van der Waals surface area contributed by atoms with E-state index in [1.54, 1.807) is 42.5 Å². The molecule has 0 spiro atoms. The number of hydrogen-bond donors (Lipinski definition) is 1. The van der Waals surface area contributed by atoms with Crippen molar-refractivity contribution in [1.29, 1.82) is 0 Å². The maximum absolute atomic E-state index is 15.7. The number of amides is 1. The molecule has 2 aliphatic rings. The lowest BCUT2D eigenvalue weighted by Gasteiger charge is -2.24. The van der Waals surface area contributed by atoms with Crippen molar-refractivity contribution >= 4 is 28.4 Å². The van der Waals surface area contributed by atoms with E-state index in [0.29, 0.717) is 16.5 Å². The highest BCUT2D eigenvalue weighted by atomic mass is 19.1. The Morgan fingerprint density at radius 1 is 1.05 bits per heavy atom. The average Bonchev–Trinajstić information content (AvgIpc) is 3.55. The van der Waals surface area contributed by atoms with E-state index in [0.717, 1.165) is 30.6 Å². The molecule has 4 aromatic rings. The monoisotopic (exact) mass is 556 g/mol. The Labute approximate surface area is 236 Å². The molecule has 1 fully saturated rings. The zero-order chi connectivity index (χ0) is 28.7. The third-order valence-corrected chi connectivity index (χ3v) is 8.07. The number of rotatable bonds is 7. The molecule has 3 aromatic carbocycles. The van der Waals surface area contributed by atoms with Gasteiger partial charge in [0.1, 0.15) is 24.2 Å². The van der Waals surface area contributed by atoms with E-state index in [2.05, 4.69) is 10.4 Å². The van der Waals surface area contributed by atoms with Gasteiger partial charge in [0.15, 0.2) is 11.6 Å². The van der Waals surface area contributed by atoms with Crippen molar-refractivity contribution in [3.05, 3.63) is 88.9 Å².